The smallest absolute Gasteiger partial charge is 0.348 e. The molecule has 0 aliphatic heterocycles. The molecule has 0 radical (unpaired) electrons. The van der Waals surface area contributed by atoms with Gasteiger partial charge in [-0.2, -0.15) is 13.2 Å². The molecule has 2 unspecified atom stereocenters. The summed E-state index contributed by atoms with van der Waals surface area (Å²) in [6.07, 6.45) is -2.71. The number of nitrogens with zero attached hydrogens (tertiary/aromatic N) is 1. The number of aromatic nitrogens is 1. The fourth-order valence-electron chi connectivity index (χ4n) is 4.01. The van der Waals surface area contributed by atoms with Crippen molar-refractivity contribution in [2.75, 3.05) is 11.0 Å². The molecular formula is C24H30F3N3O3S. The van der Waals surface area contributed by atoms with E-state index in [2.05, 4.69) is 15.0 Å². The van der Waals surface area contributed by atoms with Crippen LogP contribution in [0.1, 0.15) is 62.7 Å². The van der Waals surface area contributed by atoms with Crippen molar-refractivity contribution in [3.8, 4) is 0 Å². The third-order valence-electron chi connectivity index (χ3n) is 6.73. The van der Waals surface area contributed by atoms with Gasteiger partial charge in [-0.25, -0.2) is 8.42 Å². The van der Waals surface area contributed by atoms with Crippen LogP contribution in [0.2, 0.25) is 0 Å². The number of benzene rings is 1. The average molecular weight is 498 g/mol. The molecule has 1 aromatic heterocycles. The largest absolute Gasteiger partial charge is 0.397 e. The molecule has 1 amide bonds. The number of rotatable bonds is 7. The van der Waals surface area contributed by atoms with Crippen LogP contribution in [0.5, 0.6) is 0 Å². The molecule has 0 bridgehead atoms. The number of halogens is 3. The van der Waals surface area contributed by atoms with Gasteiger partial charge in [0.2, 0.25) is 15.9 Å². The van der Waals surface area contributed by atoms with E-state index < -0.39 is 33.1 Å². The highest BCUT2D eigenvalue weighted by atomic mass is 32.2. The van der Waals surface area contributed by atoms with Crippen LogP contribution >= 0.6 is 0 Å². The van der Waals surface area contributed by atoms with Crippen LogP contribution < -0.4 is 10.0 Å². The second-order valence-corrected chi connectivity index (χ2v) is 11.6. The van der Waals surface area contributed by atoms with Crippen LogP contribution in [0.4, 0.5) is 18.9 Å². The number of carbonyl (C=O) groups excluding carboxylic acids is 1. The molecule has 186 valence electrons. The molecule has 0 spiro atoms. The molecule has 0 saturated heterocycles. The molecule has 1 aromatic carbocycles. The topological polar surface area (TPSA) is 88.2 Å². The van der Waals surface area contributed by atoms with Gasteiger partial charge in [0.1, 0.15) is 0 Å². The molecule has 1 fully saturated rings. The van der Waals surface area contributed by atoms with Crippen LogP contribution in [0.3, 0.4) is 0 Å². The third-order valence-corrected chi connectivity index (χ3v) is 7.32. The zero-order valence-electron chi connectivity index (χ0n) is 20.0. The van der Waals surface area contributed by atoms with Crippen molar-refractivity contribution < 1.29 is 26.4 Å². The predicted octanol–water partition coefficient (Wildman–Crippen LogP) is 4.76. The Morgan fingerprint density at radius 1 is 1.15 bits per heavy atom. The lowest BCUT2D eigenvalue weighted by Crippen LogP contribution is -2.36. The first kappa shape index (κ1) is 26.0. The molecule has 3 rings (SSSR count). The summed E-state index contributed by atoms with van der Waals surface area (Å²) in [6, 6.07) is 9.19. The Morgan fingerprint density at radius 2 is 1.74 bits per heavy atom. The number of sulfonamides is 1. The number of carbonyl (C=O) groups is 1. The molecule has 1 aliphatic carbocycles. The Kier molecular flexibility index (Phi) is 6.54. The average Bonchev–Trinajstić information content (AvgIpc) is 3.41. The quantitative estimate of drug-likeness (QED) is 0.578. The summed E-state index contributed by atoms with van der Waals surface area (Å²) < 4.78 is 65.3. The predicted molar refractivity (Wildman–Crippen MR) is 125 cm³/mol. The molecule has 1 saturated carbocycles. The summed E-state index contributed by atoms with van der Waals surface area (Å²) in [5.74, 6) is -0.462. The number of alkyl halides is 3. The summed E-state index contributed by atoms with van der Waals surface area (Å²) >= 11 is 0. The van der Waals surface area contributed by atoms with Crippen LogP contribution in [-0.4, -0.2) is 31.7 Å². The zero-order chi connectivity index (χ0) is 25.7. The Morgan fingerprint density at radius 3 is 2.24 bits per heavy atom. The minimum Gasteiger partial charge on any atom is -0.348 e. The van der Waals surface area contributed by atoms with Gasteiger partial charge in [0.05, 0.1) is 34.8 Å². The van der Waals surface area contributed by atoms with E-state index >= 15 is 0 Å². The number of pyridine rings is 1. The highest BCUT2D eigenvalue weighted by molar-refractivity contribution is 7.92. The molecule has 6 nitrogen and oxygen atoms in total. The molecule has 1 heterocycles. The SMILES string of the molecule is Cc1nc([C@@H](C)NC(=O)C2CC2(C)c2ccc(C(C)(C)C(F)(F)F)cc2)ccc1NS(C)(=O)=O. The standard InChI is InChI=1S/C24H30F3N3O3S/c1-14(19-11-12-20(15(2)28-19)30-34(6,32)33)29-21(31)18-13-23(18,5)17-9-7-16(8-10-17)22(3,4)24(25,26)27/h7-12,14,18,30H,13H2,1-6H3,(H,29,31)/t14-,18?,23?/m1/s1. The van der Waals surface area contributed by atoms with Gasteiger partial charge in [0.25, 0.3) is 0 Å². The third kappa shape index (κ3) is 5.21. The first-order valence-corrected chi connectivity index (χ1v) is 12.8. The Hall–Kier alpha value is -2.62. The molecule has 2 aromatic rings. The van der Waals surface area contributed by atoms with Crippen LogP contribution in [0.25, 0.3) is 0 Å². The van der Waals surface area contributed by atoms with Crippen molar-refractivity contribution in [1.82, 2.24) is 10.3 Å². The minimum absolute atomic E-state index is 0.160. The van der Waals surface area contributed by atoms with E-state index in [1.165, 1.54) is 12.1 Å². The second kappa shape index (κ2) is 8.55. The van der Waals surface area contributed by atoms with Crippen LogP contribution in [-0.2, 0) is 25.6 Å². The fraction of sp³-hybridized carbons (Fsp3) is 0.500. The lowest BCUT2D eigenvalue weighted by Gasteiger charge is -2.28. The van der Waals surface area contributed by atoms with Gasteiger partial charge >= 0.3 is 6.18 Å². The van der Waals surface area contributed by atoms with Gasteiger partial charge in [0, 0.05) is 11.3 Å². The van der Waals surface area contributed by atoms with Crippen LogP contribution in [0, 0.1) is 12.8 Å². The Bertz CT molecular complexity index is 1190. The van der Waals surface area contributed by atoms with Gasteiger partial charge < -0.3 is 5.32 Å². The lowest BCUT2D eigenvalue weighted by molar-refractivity contribution is -0.180. The van der Waals surface area contributed by atoms with E-state index in [-0.39, 0.29) is 17.4 Å². The first-order valence-electron chi connectivity index (χ1n) is 10.9. The summed E-state index contributed by atoms with van der Waals surface area (Å²) in [4.78, 5) is 17.3. The van der Waals surface area contributed by atoms with E-state index in [0.29, 0.717) is 23.5 Å². The van der Waals surface area contributed by atoms with E-state index in [4.69, 9.17) is 0 Å². The maximum Gasteiger partial charge on any atom is 0.397 e. The molecule has 1 aliphatic rings. The second-order valence-electron chi connectivity index (χ2n) is 9.85. The number of anilines is 1. The maximum absolute atomic E-state index is 13.3. The minimum atomic E-state index is -4.36. The van der Waals surface area contributed by atoms with E-state index in [9.17, 15) is 26.4 Å². The van der Waals surface area contributed by atoms with Gasteiger partial charge in [-0.05, 0) is 57.4 Å². The number of amides is 1. The summed E-state index contributed by atoms with van der Waals surface area (Å²) in [5.41, 5.74) is 0.0479. The van der Waals surface area contributed by atoms with Crippen molar-refractivity contribution in [2.24, 2.45) is 5.92 Å². The number of aryl methyl sites for hydroxylation is 1. The molecular weight excluding hydrogens is 467 g/mol. The van der Waals surface area contributed by atoms with Crippen molar-refractivity contribution in [3.05, 3.63) is 58.9 Å². The van der Waals surface area contributed by atoms with Crippen LogP contribution in [0.15, 0.2) is 36.4 Å². The Labute approximate surface area is 198 Å². The summed E-state index contributed by atoms with van der Waals surface area (Å²) in [6.45, 7) is 7.69. The summed E-state index contributed by atoms with van der Waals surface area (Å²) in [5, 5.41) is 2.94. The highest BCUT2D eigenvalue weighted by Crippen LogP contribution is 2.54. The molecule has 34 heavy (non-hydrogen) atoms. The molecule has 3 atom stereocenters. The molecule has 10 heteroatoms. The normalized spacial score (nSPS) is 21.6. The highest BCUT2D eigenvalue weighted by Gasteiger charge is 2.56. The molecule has 2 N–H and O–H groups in total. The number of hydrogen-bond donors (Lipinski definition) is 2. The van der Waals surface area contributed by atoms with Crippen molar-refractivity contribution in [3.63, 3.8) is 0 Å². The number of nitrogens with one attached hydrogen (secondary N) is 2. The van der Waals surface area contributed by atoms with Gasteiger partial charge in [0.15, 0.2) is 0 Å². The van der Waals surface area contributed by atoms with Gasteiger partial charge in [-0.1, -0.05) is 31.2 Å². The van der Waals surface area contributed by atoms with Crippen molar-refractivity contribution >= 4 is 21.6 Å². The lowest BCUT2D eigenvalue weighted by atomic mass is 9.82. The van der Waals surface area contributed by atoms with Gasteiger partial charge in [-0.3, -0.25) is 14.5 Å². The Balaban J connectivity index is 1.68. The van der Waals surface area contributed by atoms with Crippen molar-refractivity contribution in [1.29, 1.82) is 0 Å². The van der Waals surface area contributed by atoms with E-state index in [0.717, 1.165) is 25.7 Å². The van der Waals surface area contributed by atoms with E-state index in [1.807, 2.05) is 6.92 Å². The summed E-state index contributed by atoms with van der Waals surface area (Å²) in [7, 11) is -3.43. The zero-order valence-corrected chi connectivity index (χ0v) is 20.9. The van der Waals surface area contributed by atoms with Gasteiger partial charge in [-0.15, -0.1) is 0 Å². The van der Waals surface area contributed by atoms with Crippen molar-refractivity contribution in [2.45, 2.75) is 64.1 Å². The maximum atomic E-state index is 13.3. The first-order chi connectivity index (χ1) is 15.5. The monoisotopic (exact) mass is 497 g/mol. The fourth-order valence-corrected chi connectivity index (χ4v) is 4.63. The van der Waals surface area contributed by atoms with E-state index in [1.54, 1.807) is 38.1 Å². The number of hydrogen-bond acceptors (Lipinski definition) is 4.